The Morgan fingerprint density at radius 2 is 1.11 bits per heavy atom. The predicted molar refractivity (Wildman–Crippen MR) is 39.3 cm³/mol. The fraction of sp³-hybridized carbons (Fsp3) is 0.857. The Bertz CT molecular complexity index is 54.4. The van der Waals surface area contributed by atoms with Crippen LogP contribution < -0.4 is 0 Å². The molecule has 1 radical (unpaired) electrons. The van der Waals surface area contributed by atoms with E-state index in [1.807, 2.05) is 0 Å². The third-order valence-electron chi connectivity index (χ3n) is 1.50. The second kappa shape index (κ2) is 5.48. The van der Waals surface area contributed by atoms with E-state index in [4.69, 9.17) is 0 Å². The number of hydrogen-bond acceptors (Lipinski definition) is 0. The van der Waals surface area contributed by atoms with Crippen molar-refractivity contribution in [2.24, 2.45) is 5.41 Å². The van der Waals surface area contributed by atoms with Gasteiger partial charge in [0.15, 0.2) is 0 Å². The average Bonchev–Trinajstić information content (AvgIpc) is 1.31. The maximum atomic E-state index is 2.22. The molecule has 0 aliphatic rings. The van der Waals surface area contributed by atoms with Gasteiger partial charge in [0.2, 0.25) is 0 Å². The number of rotatable bonds is 0. The van der Waals surface area contributed by atoms with Gasteiger partial charge in [0.25, 0.3) is 0 Å². The Morgan fingerprint density at radius 3 is 1.11 bits per heavy atom. The number of hydrogen-bond donors (Lipinski definition) is 0. The summed E-state index contributed by atoms with van der Waals surface area (Å²) in [5.74, 6) is 1.49. The van der Waals surface area contributed by atoms with E-state index in [1.165, 1.54) is 5.92 Å². The van der Waals surface area contributed by atoms with E-state index in [9.17, 15) is 0 Å². The Hall–Kier alpha value is 0.700. The molecule has 0 atom stereocenters. The van der Waals surface area contributed by atoms with Gasteiger partial charge in [0.05, 0.1) is 0 Å². The largest absolute Gasteiger partial charge is 2.00 e. The molecular weight excluding hydrogens is 279 g/mol. The third-order valence-corrected chi connectivity index (χ3v) is 1.50. The summed E-state index contributed by atoms with van der Waals surface area (Å²) in [5, 5.41) is 0. The van der Waals surface area contributed by atoms with Crippen LogP contribution in [0.25, 0.3) is 6.15 Å². The molecule has 0 aromatic carbocycles. The molecule has 0 rings (SSSR count). The Morgan fingerprint density at radius 1 is 1.00 bits per heavy atom. The van der Waals surface area contributed by atoms with E-state index in [0.717, 1.165) is 0 Å². The van der Waals surface area contributed by atoms with E-state index in [1.54, 1.807) is 0 Å². The van der Waals surface area contributed by atoms with Gasteiger partial charge in [-0.3, -0.25) is 0 Å². The van der Waals surface area contributed by atoms with Crippen molar-refractivity contribution in [3.63, 3.8) is 0 Å². The van der Waals surface area contributed by atoms with Gasteiger partial charge in [-0.25, -0.2) is 0 Å². The molecule has 0 saturated carbocycles. The molecule has 0 aliphatic heterocycles. The van der Waals surface area contributed by atoms with Crippen molar-refractivity contribution >= 4 is 0 Å². The zero-order chi connectivity index (χ0) is 6.08. The average molecular weight is 296 g/mol. The minimum absolute atomic E-state index is 0. The van der Waals surface area contributed by atoms with Crippen LogP contribution in [0.5, 0.6) is 0 Å². The molecule has 2 heteroatoms. The smallest absolute Gasteiger partial charge is 0.693 e. The summed E-state index contributed by atoms with van der Waals surface area (Å²) in [6, 6.07) is 0. The van der Waals surface area contributed by atoms with Crippen LogP contribution in [0.4, 0.5) is 0 Å². The fourth-order valence-corrected chi connectivity index (χ4v) is 0. The van der Waals surface area contributed by atoms with Crippen LogP contribution in [0.1, 0.15) is 34.6 Å². The molecule has 9 heavy (non-hydrogen) atoms. The van der Waals surface area contributed by atoms with Crippen LogP contribution >= 0.6 is 0 Å². The molecule has 0 aliphatic carbocycles. The Labute approximate surface area is 74.7 Å². The Balaban J connectivity index is -0.000000180. The van der Waals surface area contributed by atoms with Crippen molar-refractivity contribution in [2.75, 3.05) is 0 Å². The first-order valence-electron chi connectivity index (χ1n) is 2.75. The first-order valence-corrected chi connectivity index (χ1v) is 2.75. The van der Waals surface area contributed by atoms with Crippen LogP contribution in [0.3, 0.4) is 0 Å². The maximum Gasteiger partial charge on any atom is 2.00 e. The molecule has 0 amide bonds. The summed E-state index contributed by atoms with van der Waals surface area (Å²) in [7, 11) is 0. The van der Waals surface area contributed by atoms with Gasteiger partial charge in [-0.2, -0.15) is 19.3 Å². The normalized spacial score (nSPS) is 10.0. The zero-order valence-corrected chi connectivity index (χ0v) is 10.2. The van der Waals surface area contributed by atoms with Gasteiger partial charge in [0.1, 0.15) is 0 Å². The summed E-state index contributed by atoms with van der Waals surface area (Å²) in [6.07, 6.45) is 0. The topological polar surface area (TPSA) is 33.5 Å². The molecular formula is C7H17NTa. The summed E-state index contributed by atoms with van der Waals surface area (Å²) >= 11 is 0. The van der Waals surface area contributed by atoms with Gasteiger partial charge >= 0.3 is 22.4 Å². The van der Waals surface area contributed by atoms with Crippen LogP contribution in [-0.2, 0) is 22.4 Å². The molecule has 55 valence electrons. The van der Waals surface area contributed by atoms with E-state index in [2.05, 4.69) is 34.6 Å². The fourth-order valence-electron chi connectivity index (χ4n) is 0. The van der Waals surface area contributed by atoms with Gasteiger partial charge in [-0.1, -0.05) is 20.8 Å². The summed E-state index contributed by atoms with van der Waals surface area (Å²) in [4.78, 5) is 0. The van der Waals surface area contributed by atoms with Gasteiger partial charge in [0, 0.05) is 0 Å². The molecule has 0 unspecified atom stereocenters. The van der Waals surface area contributed by atoms with Gasteiger partial charge in [-0.05, 0) is 0 Å². The molecule has 0 heterocycles. The van der Waals surface area contributed by atoms with Crippen LogP contribution in [0.15, 0.2) is 0 Å². The van der Waals surface area contributed by atoms with Crippen LogP contribution in [-0.4, -0.2) is 0 Å². The molecule has 0 bridgehead atoms. The first kappa shape index (κ1) is 16.4. The summed E-state index contributed by atoms with van der Waals surface area (Å²) in [5.41, 5.74) is 0.417. The molecule has 1 nitrogen and oxygen atoms in total. The van der Waals surface area contributed by atoms with E-state index in [-0.39, 0.29) is 28.5 Å². The first-order chi connectivity index (χ1) is 2.94. The monoisotopic (exact) mass is 296 g/mol. The molecule has 0 aromatic rings. The predicted octanol–water partition coefficient (Wildman–Crippen LogP) is 3.36. The van der Waals surface area contributed by atoms with Gasteiger partial charge in [-0.15, -0.1) is 0 Å². The Kier molecular flexibility index (Phi) is 9.96. The van der Waals surface area contributed by atoms with Crippen LogP contribution in [0.2, 0.25) is 0 Å². The standard InChI is InChI=1S/C7H15.H2N.Ta/c1-6(2)7(3,4)5;;/h1-5H3;1H2;/q2*-1;+2. The molecule has 2 N–H and O–H groups in total. The van der Waals surface area contributed by atoms with E-state index >= 15 is 0 Å². The van der Waals surface area contributed by atoms with Crippen molar-refractivity contribution < 1.29 is 22.4 Å². The van der Waals surface area contributed by atoms with E-state index < -0.39 is 0 Å². The summed E-state index contributed by atoms with van der Waals surface area (Å²) in [6.45, 7) is 11.0. The van der Waals surface area contributed by atoms with Gasteiger partial charge < -0.3 is 12.1 Å². The second-order valence-corrected chi connectivity index (χ2v) is 3.25. The number of nitrogens with two attached hydrogens (primary N) is 1. The van der Waals surface area contributed by atoms with Crippen molar-refractivity contribution in [1.82, 2.24) is 0 Å². The van der Waals surface area contributed by atoms with Crippen LogP contribution in [0, 0.1) is 11.3 Å². The zero-order valence-electron chi connectivity index (χ0n) is 7.02. The minimum Gasteiger partial charge on any atom is -0.693 e. The quantitative estimate of drug-likeness (QED) is 0.614. The summed E-state index contributed by atoms with van der Waals surface area (Å²) < 4.78 is 0. The van der Waals surface area contributed by atoms with Crippen molar-refractivity contribution in [3.8, 4) is 0 Å². The second-order valence-electron chi connectivity index (χ2n) is 3.25. The van der Waals surface area contributed by atoms with Crippen molar-refractivity contribution in [1.29, 1.82) is 0 Å². The van der Waals surface area contributed by atoms with Crippen molar-refractivity contribution in [2.45, 2.75) is 34.6 Å². The third kappa shape index (κ3) is 8.70. The SMILES string of the molecule is C[C-](C)C(C)(C)C.[NH2-].[Ta+2]. The molecule has 0 saturated heterocycles. The van der Waals surface area contributed by atoms with Crippen molar-refractivity contribution in [3.05, 3.63) is 12.1 Å². The molecule has 0 fully saturated rings. The maximum absolute atomic E-state index is 2.22. The minimum atomic E-state index is 0. The van der Waals surface area contributed by atoms with E-state index in [0.29, 0.717) is 5.41 Å². The molecule has 0 aromatic heterocycles. The molecule has 0 spiro atoms.